The van der Waals surface area contributed by atoms with E-state index < -0.39 is 29.1 Å². The van der Waals surface area contributed by atoms with Crippen LogP contribution in [-0.4, -0.2) is 31.1 Å². The first kappa shape index (κ1) is 14.0. The van der Waals surface area contributed by atoms with Gasteiger partial charge in [0.25, 0.3) is 0 Å². The summed E-state index contributed by atoms with van der Waals surface area (Å²) >= 11 is 0. The van der Waals surface area contributed by atoms with Gasteiger partial charge in [0.05, 0.1) is 10.2 Å². The summed E-state index contributed by atoms with van der Waals surface area (Å²) < 4.78 is 72.4. The molecule has 1 rings (SSSR count). The Kier molecular flexibility index (Phi) is 4.13. The molecule has 0 bridgehead atoms. The third kappa shape index (κ3) is 5.67. The molecule has 1 heterocycles. The van der Waals surface area contributed by atoms with Gasteiger partial charge in [-0.1, -0.05) is 0 Å². The van der Waals surface area contributed by atoms with E-state index in [-0.39, 0.29) is 0 Å². The zero-order chi connectivity index (χ0) is 13.1. The molecule has 0 spiro atoms. The van der Waals surface area contributed by atoms with E-state index in [0.29, 0.717) is 4.73 Å². The Balaban J connectivity index is 2.65. The quantitative estimate of drug-likeness (QED) is 0.514. The smallest absolute Gasteiger partial charge is 0.262 e. The minimum absolute atomic E-state index is 0.575. The number of nitrogens with zero attached hydrogens (tertiary/aromatic N) is 2. The van der Waals surface area contributed by atoms with Gasteiger partial charge in [-0.05, 0) is 0 Å². The summed E-state index contributed by atoms with van der Waals surface area (Å²) in [5.74, 6) is 0. The normalized spacial score (nSPS) is 13.4. The molecular weight excluding hydrogens is 303 g/mol. The van der Waals surface area contributed by atoms with Crippen LogP contribution in [0.4, 0.5) is 0 Å². The van der Waals surface area contributed by atoms with Crippen LogP contribution >= 0.6 is 8.25 Å². The Labute approximate surface area is 96.1 Å². The van der Waals surface area contributed by atoms with Gasteiger partial charge in [0, 0.05) is 14.7 Å². The molecule has 1 atom stereocenters. The predicted molar refractivity (Wildman–Crippen MR) is 49.1 cm³/mol. The third-order valence-electron chi connectivity index (χ3n) is 0.965. The Morgan fingerprint density at radius 1 is 1.24 bits per heavy atom. The van der Waals surface area contributed by atoms with Crippen LogP contribution in [0.15, 0.2) is 18.7 Å². The number of imidazole rings is 1. The highest BCUT2D eigenvalue weighted by Crippen LogP contribution is 2.28. The van der Waals surface area contributed by atoms with Crippen molar-refractivity contribution < 1.29 is 38.2 Å². The molecule has 0 radical (unpaired) electrons. The summed E-state index contributed by atoms with van der Waals surface area (Å²) in [7, 11) is -13.6. The van der Waals surface area contributed by atoms with Crippen molar-refractivity contribution in [3.63, 3.8) is 0 Å². The first-order valence-corrected chi connectivity index (χ1v) is 7.24. The summed E-state index contributed by atoms with van der Waals surface area (Å²) in [6.45, 7) is 0. The van der Waals surface area contributed by atoms with Gasteiger partial charge in [-0.2, -0.15) is 21.6 Å². The molecule has 0 saturated carbocycles. The minimum Gasteiger partial charge on any atom is -0.262 e. The van der Waals surface area contributed by atoms with Crippen molar-refractivity contribution in [2.45, 2.75) is 0 Å². The molecule has 0 aliphatic heterocycles. The van der Waals surface area contributed by atoms with Gasteiger partial charge in [0.2, 0.25) is 0 Å². The molecule has 1 unspecified atom stereocenters. The van der Waals surface area contributed by atoms with Crippen molar-refractivity contribution in [3.05, 3.63) is 18.7 Å². The van der Waals surface area contributed by atoms with Crippen molar-refractivity contribution in [1.29, 1.82) is 0 Å². The van der Waals surface area contributed by atoms with E-state index in [1.54, 1.807) is 0 Å². The molecule has 14 heteroatoms. The Hall–Kier alpha value is -1.11. The Bertz CT molecular complexity index is 588. The maximum absolute atomic E-state index is 11.0. The highest BCUT2D eigenvalue weighted by Gasteiger charge is 2.39. The predicted octanol–water partition coefficient (Wildman–Crippen LogP) is -0.950. The van der Waals surface area contributed by atoms with Crippen molar-refractivity contribution in [2.24, 2.45) is 0 Å². The lowest BCUT2D eigenvalue weighted by Gasteiger charge is -1.98. The molecule has 0 amide bonds. The second-order valence-corrected chi connectivity index (χ2v) is 5.67. The van der Waals surface area contributed by atoms with E-state index in [4.69, 9.17) is 4.55 Å². The molecule has 1 aromatic rings. The van der Waals surface area contributed by atoms with E-state index in [9.17, 15) is 21.4 Å². The molecule has 0 aromatic carbocycles. The summed E-state index contributed by atoms with van der Waals surface area (Å²) in [6, 6.07) is 0. The second-order valence-electron chi connectivity index (χ2n) is 2.21. The molecule has 0 fully saturated rings. The van der Waals surface area contributed by atoms with Crippen LogP contribution in [0.1, 0.15) is 0 Å². The monoisotopic (exact) mass is 307 g/mol. The van der Waals surface area contributed by atoms with Crippen LogP contribution in [0.3, 0.4) is 0 Å². The molecule has 0 aliphatic carbocycles. The molecule has 0 saturated heterocycles. The van der Waals surface area contributed by atoms with E-state index in [1.165, 1.54) is 6.20 Å². The lowest BCUT2D eigenvalue weighted by atomic mass is 11.0. The maximum atomic E-state index is 11.0. The van der Waals surface area contributed by atoms with Gasteiger partial charge < -0.3 is 0 Å². The van der Waals surface area contributed by atoms with Crippen molar-refractivity contribution in [3.8, 4) is 0 Å². The zero-order valence-corrected chi connectivity index (χ0v) is 10.1. The number of hydrogen-bond acceptors (Lipinski definition) is 9. The average Bonchev–Trinajstić information content (AvgIpc) is 2.49. The average molecular weight is 307 g/mol. The van der Waals surface area contributed by atoms with Gasteiger partial charge in [0.1, 0.15) is 6.33 Å². The van der Waals surface area contributed by atoms with E-state index in [2.05, 4.69) is 17.2 Å². The van der Waals surface area contributed by atoms with Crippen molar-refractivity contribution >= 4 is 29.1 Å². The first-order chi connectivity index (χ1) is 7.68. The zero-order valence-electron chi connectivity index (χ0n) is 7.60. The second kappa shape index (κ2) is 5.03. The van der Waals surface area contributed by atoms with Crippen LogP contribution in [0.5, 0.6) is 0 Å². The van der Waals surface area contributed by atoms with Gasteiger partial charge in [-0.3, -0.25) is 8.84 Å². The van der Waals surface area contributed by atoms with Crippen LogP contribution in [-0.2, 0) is 33.3 Å². The van der Waals surface area contributed by atoms with E-state index in [1.807, 2.05) is 0 Å². The van der Waals surface area contributed by atoms with Crippen LogP contribution < -0.4 is 4.28 Å². The summed E-state index contributed by atoms with van der Waals surface area (Å²) in [5, 5.41) is 0. The molecule has 11 nitrogen and oxygen atoms in total. The lowest BCUT2D eigenvalue weighted by Crippen LogP contribution is -2.19. The fourth-order valence-corrected chi connectivity index (χ4v) is 2.52. The van der Waals surface area contributed by atoms with E-state index >= 15 is 0 Å². The number of aromatic nitrogens is 2. The molecule has 1 aromatic heterocycles. The minimum atomic E-state index is -5.11. The number of hydrogen-bond donors (Lipinski definition) is 1. The summed E-state index contributed by atoms with van der Waals surface area (Å²) in [6.07, 6.45) is 3.17. The molecule has 0 aliphatic rings. The van der Waals surface area contributed by atoms with Crippen molar-refractivity contribution in [2.75, 3.05) is 0 Å². The fraction of sp³-hybridized carbons (Fsp3) is 0. The highest BCUT2D eigenvalue weighted by molar-refractivity contribution is 7.88. The first-order valence-electron chi connectivity index (χ1n) is 3.45. The summed E-state index contributed by atoms with van der Waals surface area (Å²) in [5.41, 5.74) is 0. The molecular formula is C3H4N2O9PS2+. The highest BCUT2D eigenvalue weighted by atomic mass is 32.3. The Morgan fingerprint density at radius 2 is 1.88 bits per heavy atom. The largest absolute Gasteiger partial charge is 0.736 e. The molecule has 1 N–H and O–H groups in total. The standard InChI is InChI=1S/C3H3N2O9PS2/c6-15(13-16(7,8)9)14-17(10,11)12-5-2-1-4-3-5/h1-3H/p+1. The molecule has 17 heavy (non-hydrogen) atoms. The van der Waals surface area contributed by atoms with Crippen LogP contribution in [0.2, 0.25) is 0 Å². The van der Waals surface area contributed by atoms with Crippen LogP contribution in [0, 0.1) is 0 Å². The Morgan fingerprint density at radius 3 is 2.35 bits per heavy atom. The number of rotatable bonds is 6. The third-order valence-corrected chi connectivity index (χ3v) is 3.78. The topological polar surface area (TPSA) is 151 Å². The maximum Gasteiger partial charge on any atom is 0.736 e. The van der Waals surface area contributed by atoms with Crippen LogP contribution in [0.25, 0.3) is 0 Å². The fourth-order valence-electron chi connectivity index (χ4n) is 0.574. The lowest BCUT2D eigenvalue weighted by molar-refractivity contribution is 0.240. The van der Waals surface area contributed by atoms with Crippen molar-refractivity contribution in [1.82, 2.24) is 9.71 Å². The van der Waals surface area contributed by atoms with E-state index in [0.717, 1.165) is 12.5 Å². The van der Waals surface area contributed by atoms with Gasteiger partial charge in [0.15, 0.2) is 0 Å². The van der Waals surface area contributed by atoms with Gasteiger partial charge in [-0.15, -0.1) is 0 Å². The summed E-state index contributed by atoms with van der Waals surface area (Å²) in [4.78, 5) is 3.42. The molecule has 96 valence electrons. The van der Waals surface area contributed by atoms with Gasteiger partial charge in [-0.25, -0.2) is 4.98 Å². The SMILES string of the molecule is O=[P+](OS(=O)(=O)O)OS(=O)(=O)On1ccnc1. The van der Waals surface area contributed by atoms with Gasteiger partial charge >= 0.3 is 29.1 Å².